The first-order chi connectivity index (χ1) is 14.4. The number of halogens is 3. The number of esters is 1. The van der Waals surface area contributed by atoms with E-state index in [2.05, 4.69) is 0 Å². The predicted octanol–water partition coefficient (Wildman–Crippen LogP) is 0.0589. The number of primary amides is 1. The summed E-state index contributed by atoms with van der Waals surface area (Å²) in [4.78, 5) is 31.7. The smallest absolute Gasteiger partial charge is 0.475 e. The molecule has 1 fully saturated rings. The average Bonchev–Trinajstić information content (AvgIpc) is 2.99. The van der Waals surface area contributed by atoms with E-state index < -0.39 is 42.6 Å². The highest BCUT2D eigenvalue weighted by Crippen LogP contribution is 2.25. The number of amides is 1. The van der Waals surface area contributed by atoms with Gasteiger partial charge in [0, 0.05) is 12.5 Å². The summed E-state index contributed by atoms with van der Waals surface area (Å²) in [6, 6.07) is 3.12. The van der Waals surface area contributed by atoms with Crippen LogP contribution < -0.4 is 10.3 Å². The summed E-state index contributed by atoms with van der Waals surface area (Å²) >= 11 is 0. The van der Waals surface area contributed by atoms with Gasteiger partial charge in [0.25, 0.3) is 12.1 Å². The number of aliphatic carboxylic acids is 1. The molecule has 0 aliphatic carbocycles. The fraction of sp³-hybridized carbons (Fsp3) is 0.556. The molecule has 1 amide bonds. The van der Waals surface area contributed by atoms with Crippen LogP contribution in [-0.2, 0) is 19.1 Å². The molecule has 1 aliphatic rings. The summed E-state index contributed by atoms with van der Waals surface area (Å²) in [5.41, 5.74) is 5.48. The lowest BCUT2D eigenvalue weighted by molar-refractivity contribution is -0.765. The highest BCUT2D eigenvalue weighted by atomic mass is 19.4. The van der Waals surface area contributed by atoms with Crippen LogP contribution in [0.5, 0.6) is 0 Å². The molecule has 0 bridgehead atoms. The van der Waals surface area contributed by atoms with Crippen LogP contribution in [0.2, 0.25) is 0 Å². The molecule has 0 aromatic carbocycles. The van der Waals surface area contributed by atoms with Crippen molar-refractivity contribution in [3.63, 3.8) is 0 Å². The van der Waals surface area contributed by atoms with Crippen LogP contribution >= 0.6 is 0 Å². The molecule has 31 heavy (non-hydrogen) atoms. The quantitative estimate of drug-likeness (QED) is 0.333. The second-order valence-corrected chi connectivity index (χ2v) is 6.54. The summed E-state index contributed by atoms with van der Waals surface area (Å²) in [7, 11) is 0. The molecule has 2 rings (SSSR count). The highest BCUT2D eigenvalue weighted by molar-refractivity contribution is 5.92. The number of hydrogen-bond donors (Lipinski definition) is 4. The van der Waals surface area contributed by atoms with E-state index in [0.717, 1.165) is 12.8 Å². The van der Waals surface area contributed by atoms with Crippen LogP contribution in [0.15, 0.2) is 24.5 Å². The van der Waals surface area contributed by atoms with Crippen molar-refractivity contribution >= 4 is 17.8 Å². The van der Waals surface area contributed by atoms with Crippen molar-refractivity contribution in [2.24, 2.45) is 5.73 Å². The topological polar surface area (TPSA) is 160 Å². The molecule has 174 valence electrons. The van der Waals surface area contributed by atoms with Crippen molar-refractivity contribution in [1.82, 2.24) is 0 Å². The number of carboxylic acid groups (broad SMARTS) is 1. The Bertz CT molecular complexity index is 774. The normalized spacial score (nSPS) is 22.9. The zero-order chi connectivity index (χ0) is 23.8. The fourth-order valence-corrected chi connectivity index (χ4v) is 2.48. The predicted molar refractivity (Wildman–Crippen MR) is 95.3 cm³/mol. The Hall–Kier alpha value is -2.77. The number of aromatic nitrogens is 1. The zero-order valence-corrected chi connectivity index (χ0v) is 16.5. The first-order valence-corrected chi connectivity index (χ1v) is 9.16. The van der Waals surface area contributed by atoms with E-state index >= 15 is 0 Å². The first-order valence-electron chi connectivity index (χ1n) is 9.16. The van der Waals surface area contributed by atoms with Crippen molar-refractivity contribution in [2.75, 3.05) is 6.61 Å². The fourth-order valence-electron chi connectivity index (χ4n) is 2.48. The van der Waals surface area contributed by atoms with Crippen LogP contribution in [0.3, 0.4) is 0 Å². The summed E-state index contributed by atoms with van der Waals surface area (Å²) in [5.74, 6) is -3.74. The Balaban J connectivity index is 0.000000592. The van der Waals surface area contributed by atoms with E-state index in [1.54, 1.807) is 12.3 Å². The summed E-state index contributed by atoms with van der Waals surface area (Å²) in [5, 5.41) is 27.4. The van der Waals surface area contributed by atoms with Crippen LogP contribution in [0.25, 0.3) is 0 Å². The number of rotatable bonds is 7. The monoisotopic (exact) mass is 453 g/mol. The number of carboxylic acids is 1. The third-order valence-electron chi connectivity index (χ3n) is 4.12. The third-order valence-corrected chi connectivity index (χ3v) is 4.12. The molecule has 5 N–H and O–H groups in total. The highest BCUT2D eigenvalue weighted by Gasteiger charge is 2.48. The number of nitrogens with zero attached hydrogens (tertiary/aromatic N) is 1. The minimum absolute atomic E-state index is 0.145. The molecule has 2 heterocycles. The second kappa shape index (κ2) is 11.6. The van der Waals surface area contributed by atoms with E-state index in [0.29, 0.717) is 6.42 Å². The average molecular weight is 453 g/mol. The van der Waals surface area contributed by atoms with Gasteiger partial charge in [-0.3, -0.25) is 9.59 Å². The van der Waals surface area contributed by atoms with E-state index in [1.165, 1.54) is 16.8 Å². The van der Waals surface area contributed by atoms with Gasteiger partial charge in [-0.2, -0.15) is 17.7 Å². The van der Waals surface area contributed by atoms with Gasteiger partial charge in [-0.05, 0) is 12.5 Å². The van der Waals surface area contributed by atoms with Gasteiger partial charge in [0.15, 0.2) is 18.5 Å². The Morgan fingerprint density at radius 1 is 1.26 bits per heavy atom. The molecular weight excluding hydrogens is 429 g/mol. The van der Waals surface area contributed by atoms with Gasteiger partial charge in [-0.15, -0.1) is 0 Å². The Kier molecular flexibility index (Phi) is 9.81. The Morgan fingerprint density at radius 2 is 1.87 bits per heavy atom. The number of aliphatic hydroxyl groups is 2. The van der Waals surface area contributed by atoms with E-state index in [-0.39, 0.29) is 18.1 Å². The van der Waals surface area contributed by atoms with Crippen LogP contribution in [0.1, 0.15) is 42.8 Å². The molecule has 13 heteroatoms. The zero-order valence-electron chi connectivity index (χ0n) is 16.5. The molecule has 10 nitrogen and oxygen atoms in total. The van der Waals surface area contributed by atoms with E-state index in [9.17, 15) is 33.0 Å². The standard InChI is InChI=1S/C16H22N2O6.C2HF3O2/c1-2-3-6-12(19)23-9-11-13(20)14(21)16(24-11)18-7-4-5-10(8-18)15(17)22;3-2(4,5)1(6)7/h4-5,7-8,11,13-14,16,20-21H,2-3,6,9H2,1H3,(H-,17,22);(H,6,7)/p+1/t11?,13-,14-,16-;/m1./s1. The molecule has 1 unspecified atom stereocenters. The first kappa shape index (κ1) is 26.3. The molecule has 1 aliphatic heterocycles. The molecule has 1 aromatic heterocycles. The Labute approximate surface area is 175 Å². The lowest BCUT2D eigenvalue weighted by atomic mass is 10.1. The number of nitrogens with two attached hydrogens (primary N) is 1. The van der Waals surface area contributed by atoms with Gasteiger partial charge in [-0.25, -0.2) is 4.79 Å². The van der Waals surface area contributed by atoms with Crippen LogP contribution in [0, 0.1) is 0 Å². The minimum atomic E-state index is -5.08. The third kappa shape index (κ3) is 8.11. The molecular formula is C18H24F3N2O8+. The molecule has 4 atom stereocenters. The van der Waals surface area contributed by atoms with Crippen molar-refractivity contribution in [3.8, 4) is 0 Å². The number of carbonyl (C=O) groups excluding carboxylic acids is 2. The van der Waals surface area contributed by atoms with Gasteiger partial charge < -0.3 is 30.5 Å². The number of hydrogen-bond acceptors (Lipinski definition) is 7. The molecule has 1 aromatic rings. The SMILES string of the molecule is CCCCC(=O)OCC1O[C@@H]([n+]2cccc(C(N)=O)c2)[C@H](O)[C@@H]1O.O=C(O)C(F)(F)F. The number of unbranched alkanes of at least 4 members (excludes halogenated alkanes) is 1. The van der Waals surface area contributed by atoms with E-state index in [4.69, 9.17) is 25.1 Å². The summed E-state index contributed by atoms with van der Waals surface area (Å²) < 4.78 is 43.9. The summed E-state index contributed by atoms with van der Waals surface area (Å²) in [6.45, 7) is 1.82. The summed E-state index contributed by atoms with van der Waals surface area (Å²) in [6.07, 6.45) is -4.34. The number of alkyl halides is 3. The largest absolute Gasteiger partial charge is 0.490 e. The lowest BCUT2D eigenvalue weighted by Crippen LogP contribution is -2.46. The number of aliphatic hydroxyl groups excluding tert-OH is 2. The van der Waals surface area contributed by atoms with Gasteiger partial charge in [0.1, 0.15) is 24.4 Å². The van der Waals surface area contributed by atoms with Crippen molar-refractivity contribution in [1.29, 1.82) is 0 Å². The lowest BCUT2D eigenvalue weighted by Gasteiger charge is -2.13. The van der Waals surface area contributed by atoms with Crippen LogP contribution in [-0.4, -0.2) is 64.3 Å². The van der Waals surface area contributed by atoms with Gasteiger partial charge >= 0.3 is 18.1 Å². The van der Waals surface area contributed by atoms with Crippen molar-refractivity contribution in [3.05, 3.63) is 30.1 Å². The van der Waals surface area contributed by atoms with Crippen molar-refractivity contribution < 1.29 is 56.9 Å². The Morgan fingerprint density at radius 3 is 2.39 bits per heavy atom. The molecule has 0 radical (unpaired) electrons. The maximum absolute atomic E-state index is 11.5. The van der Waals surface area contributed by atoms with Gasteiger partial charge in [-0.1, -0.05) is 13.3 Å². The van der Waals surface area contributed by atoms with Gasteiger partial charge in [0.05, 0.1) is 0 Å². The van der Waals surface area contributed by atoms with Gasteiger partial charge in [0.2, 0.25) is 0 Å². The number of carbonyl (C=O) groups is 3. The number of ether oxygens (including phenoxy) is 2. The molecule has 0 saturated carbocycles. The maximum Gasteiger partial charge on any atom is 0.490 e. The number of pyridine rings is 1. The molecule has 0 spiro atoms. The molecule has 1 saturated heterocycles. The maximum atomic E-state index is 11.5. The second-order valence-electron chi connectivity index (χ2n) is 6.54. The van der Waals surface area contributed by atoms with Crippen LogP contribution in [0.4, 0.5) is 13.2 Å². The van der Waals surface area contributed by atoms with Crippen molar-refractivity contribution in [2.45, 2.75) is 56.9 Å². The minimum Gasteiger partial charge on any atom is -0.475 e. The van der Waals surface area contributed by atoms with E-state index in [1.807, 2.05) is 6.92 Å².